The standard InChI is InChI=1S/C13H17BrClNO/c1-5-13(2,3)16(4)12(17)10-8-9(14)6-7-11(10)15/h6-8H,5H2,1-4H3. The summed E-state index contributed by atoms with van der Waals surface area (Å²) in [6, 6.07) is 5.31. The van der Waals surface area contributed by atoms with Gasteiger partial charge in [0.05, 0.1) is 10.6 Å². The van der Waals surface area contributed by atoms with Gasteiger partial charge in [-0.2, -0.15) is 0 Å². The molecule has 2 nitrogen and oxygen atoms in total. The van der Waals surface area contributed by atoms with Crippen LogP contribution in [0.25, 0.3) is 0 Å². The van der Waals surface area contributed by atoms with E-state index >= 15 is 0 Å². The summed E-state index contributed by atoms with van der Waals surface area (Å²) in [5, 5.41) is 0.483. The SMILES string of the molecule is CCC(C)(C)N(C)C(=O)c1cc(Br)ccc1Cl. The van der Waals surface area contributed by atoms with E-state index in [0.29, 0.717) is 10.6 Å². The smallest absolute Gasteiger partial charge is 0.255 e. The Morgan fingerprint density at radius 2 is 2.06 bits per heavy atom. The number of amides is 1. The summed E-state index contributed by atoms with van der Waals surface area (Å²) in [7, 11) is 1.81. The van der Waals surface area contributed by atoms with E-state index in [-0.39, 0.29) is 11.4 Å². The Morgan fingerprint density at radius 1 is 1.47 bits per heavy atom. The predicted molar refractivity (Wildman–Crippen MR) is 75.6 cm³/mol. The largest absolute Gasteiger partial charge is 0.337 e. The Morgan fingerprint density at radius 3 is 2.59 bits per heavy atom. The fourth-order valence-electron chi connectivity index (χ4n) is 1.35. The van der Waals surface area contributed by atoms with Crippen molar-refractivity contribution in [2.45, 2.75) is 32.7 Å². The quantitative estimate of drug-likeness (QED) is 0.810. The molecule has 0 aliphatic carbocycles. The summed E-state index contributed by atoms with van der Waals surface area (Å²) in [4.78, 5) is 14.1. The average molecular weight is 319 g/mol. The van der Waals surface area contributed by atoms with Gasteiger partial charge < -0.3 is 4.90 Å². The summed E-state index contributed by atoms with van der Waals surface area (Å²) < 4.78 is 0.855. The first-order valence-corrected chi connectivity index (χ1v) is 6.70. The molecule has 0 N–H and O–H groups in total. The van der Waals surface area contributed by atoms with Crippen LogP contribution in [0.5, 0.6) is 0 Å². The van der Waals surface area contributed by atoms with Crippen LogP contribution < -0.4 is 0 Å². The van der Waals surface area contributed by atoms with Gasteiger partial charge in [0, 0.05) is 17.1 Å². The second-order valence-corrected chi connectivity index (χ2v) is 5.98. The Bertz CT molecular complexity index is 431. The Hall–Kier alpha value is -0.540. The van der Waals surface area contributed by atoms with Crippen LogP contribution in [-0.4, -0.2) is 23.4 Å². The number of hydrogen-bond acceptors (Lipinski definition) is 1. The first kappa shape index (κ1) is 14.5. The normalized spacial score (nSPS) is 11.4. The van der Waals surface area contributed by atoms with Gasteiger partial charge in [-0.25, -0.2) is 0 Å². The maximum Gasteiger partial charge on any atom is 0.255 e. The third kappa shape index (κ3) is 3.23. The molecular formula is C13H17BrClNO. The van der Waals surface area contributed by atoms with Crippen molar-refractivity contribution in [2.24, 2.45) is 0 Å². The molecule has 94 valence electrons. The first-order valence-electron chi connectivity index (χ1n) is 5.53. The summed E-state index contributed by atoms with van der Waals surface area (Å²) in [5.74, 6) is -0.0526. The molecule has 0 saturated heterocycles. The molecule has 1 aromatic carbocycles. The van der Waals surface area contributed by atoms with Crippen molar-refractivity contribution >= 4 is 33.4 Å². The van der Waals surface area contributed by atoms with E-state index in [2.05, 4.69) is 22.9 Å². The van der Waals surface area contributed by atoms with Crippen LogP contribution >= 0.6 is 27.5 Å². The molecule has 0 atom stereocenters. The summed E-state index contributed by atoms with van der Waals surface area (Å²) in [5.41, 5.74) is 0.355. The molecule has 1 amide bonds. The molecule has 0 saturated carbocycles. The molecule has 0 aliphatic rings. The second kappa shape index (κ2) is 5.40. The molecule has 0 aromatic heterocycles. The van der Waals surface area contributed by atoms with E-state index in [0.717, 1.165) is 10.9 Å². The van der Waals surface area contributed by atoms with E-state index in [1.165, 1.54) is 0 Å². The minimum atomic E-state index is -0.178. The van der Waals surface area contributed by atoms with Gasteiger partial charge in [-0.1, -0.05) is 34.5 Å². The monoisotopic (exact) mass is 317 g/mol. The van der Waals surface area contributed by atoms with Crippen molar-refractivity contribution in [1.29, 1.82) is 0 Å². The van der Waals surface area contributed by atoms with Crippen LogP contribution in [-0.2, 0) is 0 Å². The van der Waals surface area contributed by atoms with Gasteiger partial charge in [-0.3, -0.25) is 4.79 Å². The van der Waals surface area contributed by atoms with Crippen molar-refractivity contribution in [1.82, 2.24) is 4.90 Å². The number of rotatable bonds is 3. The van der Waals surface area contributed by atoms with Gasteiger partial charge in [0.2, 0.25) is 0 Å². The molecule has 0 bridgehead atoms. The molecule has 0 heterocycles. The third-order valence-electron chi connectivity index (χ3n) is 3.24. The highest BCUT2D eigenvalue weighted by molar-refractivity contribution is 9.10. The number of benzene rings is 1. The molecular weight excluding hydrogens is 302 g/mol. The summed E-state index contributed by atoms with van der Waals surface area (Å²) >= 11 is 9.41. The number of hydrogen-bond donors (Lipinski definition) is 0. The number of carbonyl (C=O) groups is 1. The lowest BCUT2D eigenvalue weighted by Crippen LogP contribution is -2.44. The number of halogens is 2. The minimum absolute atomic E-state index is 0.0526. The van der Waals surface area contributed by atoms with E-state index in [9.17, 15) is 4.79 Å². The molecule has 1 aromatic rings. The zero-order valence-corrected chi connectivity index (χ0v) is 12.9. The second-order valence-electron chi connectivity index (χ2n) is 4.65. The zero-order chi connectivity index (χ0) is 13.2. The predicted octanol–water partition coefficient (Wildman–Crippen LogP) is 4.36. The first-order chi connectivity index (χ1) is 7.79. The molecule has 17 heavy (non-hydrogen) atoms. The summed E-state index contributed by atoms with van der Waals surface area (Å²) in [6.45, 7) is 6.14. The topological polar surface area (TPSA) is 20.3 Å². The van der Waals surface area contributed by atoms with Crippen LogP contribution in [0.1, 0.15) is 37.6 Å². The maximum absolute atomic E-state index is 12.3. The molecule has 0 fully saturated rings. The average Bonchev–Trinajstić information content (AvgIpc) is 2.30. The van der Waals surface area contributed by atoms with Gasteiger partial charge in [-0.15, -0.1) is 0 Å². The van der Waals surface area contributed by atoms with Crippen LogP contribution in [0.2, 0.25) is 5.02 Å². The van der Waals surface area contributed by atoms with Crippen molar-refractivity contribution in [3.05, 3.63) is 33.3 Å². The summed E-state index contributed by atoms with van der Waals surface area (Å²) in [6.07, 6.45) is 0.890. The van der Waals surface area contributed by atoms with Crippen LogP contribution in [0.15, 0.2) is 22.7 Å². The molecule has 4 heteroatoms. The van der Waals surface area contributed by atoms with E-state index in [1.54, 1.807) is 17.0 Å². The van der Waals surface area contributed by atoms with Crippen LogP contribution in [0.4, 0.5) is 0 Å². The zero-order valence-electron chi connectivity index (χ0n) is 10.6. The van der Waals surface area contributed by atoms with Crippen LogP contribution in [0.3, 0.4) is 0 Å². The number of carbonyl (C=O) groups excluding carboxylic acids is 1. The molecule has 1 rings (SSSR count). The van der Waals surface area contributed by atoms with Gasteiger partial charge in [0.15, 0.2) is 0 Å². The molecule has 0 radical (unpaired) electrons. The lowest BCUT2D eigenvalue weighted by atomic mass is 9.99. The lowest BCUT2D eigenvalue weighted by molar-refractivity contribution is 0.0620. The Balaban J connectivity index is 3.08. The van der Waals surface area contributed by atoms with Gasteiger partial charge in [-0.05, 0) is 38.5 Å². The highest BCUT2D eigenvalue weighted by atomic mass is 79.9. The lowest BCUT2D eigenvalue weighted by Gasteiger charge is -2.35. The van der Waals surface area contributed by atoms with Gasteiger partial charge in [0.1, 0.15) is 0 Å². The Kier molecular flexibility index (Phi) is 4.62. The number of nitrogens with zero attached hydrogens (tertiary/aromatic N) is 1. The van der Waals surface area contributed by atoms with Crippen molar-refractivity contribution in [3.63, 3.8) is 0 Å². The fraction of sp³-hybridized carbons (Fsp3) is 0.462. The molecule has 0 aliphatic heterocycles. The van der Waals surface area contributed by atoms with E-state index in [1.807, 2.05) is 27.0 Å². The molecule has 0 spiro atoms. The van der Waals surface area contributed by atoms with Crippen molar-refractivity contribution < 1.29 is 4.79 Å². The maximum atomic E-state index is 12.3. The van der Waals surface area contributed by atoms with E-state index in [4.69, 9.17) is 11.6 Å². The van der Waals surface area contributed by atoms with Crippen molar-refractivity contribution in [3.8, 4) is 0 Å². The van der Waals surface area contributed by atoms with Gasteiger partial charge in [0.25, 0.3) is 5.91 Å². The highest BCUT2D eigenvalue weighted by Gasteiger charge is 2.27. The molecule has 0 unspecified atom stereocenters. The Labute approximate surface area is 116 Å². The highest BCUT2D eigenvalue weighted by Crippen LogP contribution is 2.25. The minimum Gasteiger partial charge on any atom is -0.337 e. The fourth-order valence-corrected chi connectivity index (χ4v) is 1.91. The van der Waals surface area contributed by atoms with Crippen LogP contribution in [0, 0.1) is 0 Å². The van der Waals surface area contributed by atoms with E-state index < -0.39 is 0 Å². The third-order valence-corrected chi connectivity index (χ3v) is 4.06. The van der Waals surface area contributed by atoms with Gasteiger partial charge >= 0.3 is 0 Å². The van der Waals surface area contributed by atoms with Crippen molar-refractivity contribution in [2.75, 3.05) is 7.05 Å².